The average molecular weight is 461 g/mol. The van der Waals surface area contributed by atoms with Crippen molar-refractivity contribution in [2.45, 2.75) is 32.9 Å². The van der Waals surface area contributed by atoms with Gasteiger partial charge in [0.15, 0.2) is 5.69 Å². The van der Waals surface area contributed by atoms with Crippen molar-refractivity contribution in [3.63, 3.8) is 0 Å². The molecule has 33 heavy (non-hydrogen) atoms. The number of aromatic nitrogens is 2. The van der Waals surface area contributed by atoms with Gasteiger partial charge >= 0.3 is 0 Å². The highest BCUT2D eigenvalue weighted by Gasteiger charge is 2.18. The molecule has 0 radical (unpaired) electrons. The molecule has 6 nitrogen and oxygen atoms in total. The predicted octanol–water partition coefficient (Wildman–Crippen LogP) is 6.06. The third kappa shape index (κ3) is 4.76. The molecule has 168 valence electrons. The molecule has 1 aromatic heterocycles. The smallest absolute Gasteiger partial charge is 0.276 e. The number of nitrogens with one attached hydrogen (secondary N) is 2. The maximum Gasteiger partial charge on any atom is 0.276 e. The molecule has 1 amide bonds. The van der Waals surface area contributed by atoms with Gasteiger partial charge in [-0.2, -0.15) is 5.10 Å². The number of rotatable bonds is 6. The van der Waals surface area contributed by atoms with Gasteiger partial charge in [0.1, 0.15) is 0 Å². The molecule has 2 N–H and O–H groups in total. The van der Waals surface area contributed by atoms with Crippen LogP contribution < -0.4 is 16.2 Å². The van der Waals surface area contributed by atoms with Crippen molar-refractivity contribution in [1.82, 2.24) is 9.78 Å². The van der Waals surface area contributed by atoms with Crippen molar-refractivity contribution < 1.29 is 4.79 Å². The number of amides is 1. The Labute approximate surface area is 197 Å². The molecule has 1 atom stereocenters. The minimum atomic E-state index is -0.407. The molecule has 4 rings (SSSR count). The lowest BCUT2D eigenvalue weighted by Crippen LogP contribution is -2.28. The van der Waals surface area contributed by atoms with Gasteiger partial charge in [-0.05, 0) is 50.6 Å². The van der Waals surface area contributed by atoms with Crippen LogP contribution >= 0.6 is 11.6 Å². The number of carbonyl (C=O) groups is 1. The molecule has 1 unspecified atom stereocenters. The van der Waals surface area contributed by atoms with Crippen LogP contribution in [0.25, 0.3) is 10.8 Å². The highest BCUT2D eigenvalue weighted by Crippen LogP contribution is 2.29. The fourth-order valence-electron chi connectivity index (χ4n) is 3.68. The van der Waals surface area contributed by atoms with E-state index in [9.17, 15) is 9.59 Å². The number of hydrogen-bond donors (Lipinski definition) is 2. The van der Waals surface area contributed by atoms with Crippen molar-refractivity contribution in [1.29, 1.82) is 0 Å². The number of nitrogens with zero attached hydrogens (tertiary/aromatic N) is 2. The van der Waals surface area contributed by atoms with Gasteiger partial charge in [-0.15, -0.1) is 0 Å². The zero-order valence-electron chi connectivity index (χ0n) is 18.7. The van der Waals surface area contributed by atoms with E-state index in [1.165, 1.54) is 4.68 Å². The molecule has 0 aliphatic rings. The first-order valence-corrected chi connectivity index (χ1v) is 11.2. The Hall–Kier alpha value is -3.64. The number of hydrogen-bond acceptors (Lipinski definition) is 4. The molecular formula is C26H25ClN4O2. The van der Waals surface area contributed by atoms with Gasteiger partial charge in [-0.3, -0.25) is 9.59 Å². The topological polar surface area (TPSA) is 76.0 Å². The summed E-state index contributed by atoms with van der Waals surface area (Å²) in [5.41, 5.74) is 2.42. The molecule has 0 saturated carbocycles. The molecule has 3 aromatic carbocycles. The first-order valence-electron chi connectivity index (χ1n) is 10.8. The number of halogens is 1. The van der Waals surface area contributed by atoms with E-state index in [1.54, 1.807) is 36.4 Å². The summed E-state index contributed by atoms with van der Waals surface area (Å²) in [5.74, 6) is -0.407. The second kappa shape index (κ2) is 9.46. The average Bonchev–Trinajstić information content (AvgIpc) is 2.81. The summed E-state index contributed by atoms with van der Waals surface area (Å²) in [6, 6.07) is 22.3. The van der Waals surface area contributed by atoms with Crippen LogP contribution in [0.3, 0.4) is 0 Å². The number of fused-ring (bicyclic) bond motifs is 1. The Morgan fingerprint density at radius 2 is 1.61 bits per heavy atom. The molecule has 0 aliphatic carbocycles. The van der Waals surface area contributed by atoms with Crippen molar-refractivity contribution in [2.24, 2.45) is 0 Å². The van der Waals surface area contributed by atoms with Gasteiger partial charge in [-0.1, -0.05) is 60.1 Å². The maximum absolute atomic E-state index is 13.1. The summed E-state index contributed by atoms with van der Waals surface area (Å²) in [6.45, 7) is 5.77. The molecule has 0 saturated heterocycles. The monoisotopic (exact) mass is 460 g/mol. The van der Waals surface area contributed by atoms with Crippen LogP contribution in [0.1, 0.15) is 48.9 Å². The molecular weight excluding hydrogens is 436 g/mol. The fraction of sp³-hybridized carbons (Fsp3) is 0.192. The summed E-state index contributed by atoms with van der Waals surface area (Å²) in [6.07, 6.45) is 0. The molecule has 4 aromatic rings. The van der Waals surface area contributed by atoms with Gasteiger partial charge < -0.3 is 10.6 Å². The van der Waals surface area contributed by atoms with Crippen LogP contribution in [0.4, 0.5) is 11.4 Å². The van der Waals surface area contributed by atoms with Gasteiger partial charge in [0.25, 0.3) is 11.5 Å². The second-order valence-corrected chi connectivity index (χ2v) is 8.57. The summed E-state index contributed by atoms with van der Waals surface area (Å²) in [7, 11) is 0. The highest BCUT2D eigenvalue weighted by atomic mass is 35.5. The van der Waals surface area contributed by atoms with Gasteiger partial charge in [0.05, 0.1) is 22.1 Å². The summed E-state index contributed by atoms with van der Waals surface area (Å²) < 4.78 is 1.34. The van der Waals surface area contributed by atoms with Crippen LogP contribution in [0.5, 0.6) is 0 Å². The zero-order chi connectivity index (χ0) is 23.5. The minimum absolute atomic E-state index is 0.0665. The Kier molecular flexibility index (Phi) is 6.47. The van der Waals surface area contributed by atoms with Gasteiger partial charge in [-0.25, -0.2) is 4.68 Å². The molecule has 7 heteroatoms. The SMILES string of the molecule is CC(Nc1ccc(NC(=O)c2nn(C(C)C)c(=O)c3ccccc23)cc1Cl)c1ccccc1. The normalized spacial score (nSPS) is 12.0. The molecule has 0 spiro atoms. The standard InChI is InChI=1S/C26H25ClN4O2/c1-16(2)31-26(33)21-12-8-7-11-20(21)24(30-31)25(32)29-19-13-14-23(22(27)15-19)28-17(3)18-9-5-4-6-10-18/h4-17,28H,1-3H3,(H,29,32). The summed E-state index contributed by atoms with van der Waals surface area (Å²) in [4.78, 5) is 25.8. The third-order valence-electron chi connectivity index (χ3n) is 5.43. The third-order valence-corrected chi connectivity index (χ3v) is 5.74. The van der Waals surface area contributed by atoms with E-state index in [0.717, 1.165) is 11.3 Å². The van der Waals surface area contributed by atoms with Crippen molar-refractivity contribution in [3.05, 3.63) is 99.4 Å². The van der Waals surface area contributed by atoms with Gasteiger partial charge in [0.2, 0.25) is 0 Å². The maximum atomic E-state index is 13.1. The van der Waals surface area contributed by atoms with E-state index in [1.807, 2.05) is 50.2 Å². The van der Waals surface area contributed by atoms with E-state index >= 15 is 0 Å². The van der Waals surface area contributed by atoms with Crippen molar-refractivity contribution in [3.8, 4) is 0 Å². The molecule has 0 fully saturated rings. The number of benzene rings is 3. The lowest BCUT2D eigenvalue weighted by molar-refractivity contribution is 0.102. The second-order valence-electron chi connectivity index (χ2n) is 8.16. The Bertz CT molecular complexity index is 1370. The summed E-state index contributed by atoms with van der Waals surface area (Å²) in [5, 5.41) is 12.1. The van der Waals surface area contributed by atoms with E-state index in [2.05, 4.69) is 22.7 Å². The van der Waals surface area contributed by atoms with Crippen LogP contribution in [-0.2, 0) is 0 Å². The Morgan fingerprint density at radius 3 is 2.27 bits per heavy atom. The lowest BCUT2D eigenvalue weighted by Gasteiger charge is -2.17. The molecule has 0 aliphatic heterocycles. The zero-order valence-corrected chi connectivity index (χ0v) is 19.4. The first kappa shape index (κ1) is 22.6. The first-order chi connectivity index (χ1) is 15.8. The highest BCUT2D eigenvalue weighted by molar-refractivity contribution is 6.33. The Balaban J connectivity index is 1.59. The van der Waals surface area contributed by atoms with Crippen LogP contribution in [0.2, 0.25) is 5.02 Å². The Morgan fingerprint density at radius 1 is 0.939 bits per heavy atom. The van der Waals surface area contributed by atoms with Gasteiger partial charge in [0, 0.05) is 17.1 Å². The lowest BCUT2D eigenvalue weighted by atomic mass is 10.1. The molecule has 0 bridgehead atoms. The van der Waals surface area contributed by atoms with E-state index in [0.29, 0.717) is 21.5 Å². The summed E-state index contributed by atoms with van der Waals surface area (Å²) >= 11 is 6.50. The number of carbonyl (C=O) groups excluding carboxylic acids is 1. The number of anilines is 2. The molecule has 1 heterocycles. The van der Waals surface area contributed by atoms with Crippen LogP contribution in [0.15, 0.2) is 77.6 Å². The largest absolute Gasteiger partial charge is 0.377 e. The quantitative estimate of drug-likeness (QED) is 0.367. The predicted molar refractivity (Wildman–Crippen MR) is 134 cm³/mol. The van der Waals surface area contributed by atoms with Crippen molar-refractivity contribution >= 4 is 39.7 Å². The van der Waals surface area contributed by atoms with Crippen molar-refractivity contribution in [2.75, 3.05) is 10.6 Å². The van der Waals surface area contributed by atoms with E-state index < -0.39 is 5.91 Å². The van der Waals surface area contributed by atoms with E-state index in [4.69, 9.17) is 11.6 Å². The van der Waals surface area contributed by atoms with Crippen LogP contribution in [0, 0.1) is 0 Å². The van der Waals surface area contributed by atoms with E-state index in [-0.39, 0.29) is 23.3 Å². The fourth-order valence-corrected chi connectivity index (χ4v) is 3.92. The minimum Gasteiger partial charge on any atom is -0.377 e. The van der Waals surface area contributed by atoms with Crippen LogP contribution in [-0.4, -0.2) is 15.7 Å².